The predicted molar refractivity (Wildman–Crippen MR) is 97.8 cm³/mol. The molecule has 0 bridgehead atoms. The number of nitrogens with zero attached hydrogens (tertiary/aromatic N) is 2. The van der Waals surface area contributed by atoms with E-state index in [1.807, 2.05) is 32.0 Å². The normalized spacial score (nSPS) is 12.4. The van der Waals surface area contributed by atoms with E-state index in [1.165, 1.54) is 6.07 Å². The van der Waals surface area contributed by atoms with Crippen molar-refractivity contribution in [3.63, 3.8) is 0 Å². The van der Waals surface area contributed by atoms with Crippen molar-refractivity contribution < 1.29 is 13.2 Å². The van der Waals surface area contributed by atoms with Crippen LogP contribution in [0.2, 0.25) is 0 Å². The Balaban J connectivity index is 2.19. The fraction of sp³-hybridized carbons (Fsp3) is 0.200. The number of halogens is 3. The van der Waals surface area contributed by atoms with Crippen molar-refractivity contribution in [2.75, 3.05) is 0 Å². The van der Waals surface area contributed by atoms with Gasteiger partial charge < -0.3 is 0 Å². The quantitative estimate of drug-likeness (QED) is 0.540. The minimum atomic E-state index is -4.66. The lowest BCUT2D eigenvalue weighted by molar-refractivity contribution is -0.140. The Labute approximate surface area is 152 Å². The van der Waals surface area contributed by atoms with Gasteiger partial charge in [-0.2, -0.15) is 13.2 Å². The molecule has 1 N–H and O–H groups in total. The zero-order valence-corrected chi connectivity index (χ0v) is 14.6. The van der Waals surface area contributed by atoms with Gasteiger partial charge in [-0.05, 0) is 22.3 Å². The number of rotatable bonds is 2. The Morgan fingerprint density at radius 2 is 1.78 bits per heavy atom. The van der Waals surface area contributed by atoms with E-state index in [4.69, 9.17) is 0 Å². The lowest BCUT2D eigenvalue weighted by Gasteiger charge is -2.10. The molecule has 4 aromatic rings. The first-order valence-electron chi connectivity index (χ1n) is 8.48. The van der Waals surface area contributed by atoms with Crippen LogP contribution in [0.15, 0.2) is 53.3 Å². The molecule has 4 rings (SSSR count). The smallest absolute Gasteiger partial charge is 0.284 e. The van der Waals surface area contributed by atoms with Crippen LogP contribution >= 0.6 is 0 Å². The summed E-state index contributed by atoms with van der Waals surface area (Å²) in [5.74, 6) is -0.0905. The number of fused-ring (bicyclic) bond motifs is 2. The number of nitrogens with one attached hydrogen (secondary N) is 1. The van der Waals surface area contributed by atoms with Gasteiger partial charge in [0.25, 0.3) is 5.56 Å². The van der Waals surface area contributed by atoms with Crippen LogP contribution in [0, 0.1) is 0 Å². The molecular formula is C20H16F3N3O. The van der Waals surface area contributed by atoms with Crippen LogP contribution in [0.4, 0.5) is 13.2 Å². The Kier molecular flexibility index (Phi) is 3.83. The summed E-state index contributed by atoms with van der Waals surface area (Å²) in [5, 5.41) is 3.69. The average Bonchev–Trinajstić information content (AvgIpc) is 3.01. The highest BCUT2D eigenvalue weighted by atomic mass is 19.4. The molecule has 0 saturated heterocycles. The maximum atomic E-state index is 13.8. The van der Waals surface area contributed by atoms with Gasteiger partial charge in [0.15, 0.2) is 5.65 Å². The summed E-state index contributed by atoms with van der Waals surface area (Å²) in [5.41, 5.74) is -0.847. The largest absolute Gasteiger partial charge is 0.433 e. The van der Waals surface area contributed by atoms with Crippen molar-refractivity contribution in [3.05, 3.63) is 70.3 Å². The average molecular weight is 371 g/mol. The molecule has 0 aliphatic heterocycles. The number of benzene rings is 2. The molecule has 0 unspecified atom stereocenters. The third-order valence-corrected chi connectivity index (χ3v) is 4.57. The zero-order chi connectivity index (χ0) is 19.3. The van der Waals surface area contributed by atoms with Crippen LogP contribution in [-0.2, 0) is 6.18 Å². The summed E-state index contributed by atoms with van der Waals surface area (Å²) < 4.78 is 42.2. The molecule has 0 aliphatic rings. The molecule has 0 radical (unpaired) electrons. The van der Waals surface area contributed by atoms with Gasteiger partial charge in [-0.1, -0.05) is 56.3 Å². The van der Waals surface area contributed by atoms with Gasteiger partial charge in [-0.3, -0.25) is 9.89 Å². The first kappa shape index (κ1) is 17.3. The van der Waals surface area contributed by atoms with Crippen molar-refractivity contribution in [2.24, 2.45) is 0 Å². The minimum absolute atomic E-state index is 0.0186. The molecule has 2 heterocycles. The molecule has 0 aliphatic carbocycles. The van der Waals surface area contributed by atoms with Gasteiger partial charge in [0.05, 0.1) is 11.3 Å². The maximum Gasteiger partial charge on any atom is 0.433 e. The number of aromatic amines is 1. The van der Waals surface area contributed by atoms with E-state index in [-0.39, 0.29) is 17.1 Å². The Morgan fingerprint density at radius 3 is 2.48 bits per heavy atom. The van der Waals surface area contributed by atoms with Crippen LogP contribution in [-0.4, -0.2) is 14.6 Å². The molecule has 0 spiro atoms. The number of hydrogen-bond acceptors (Lipinski definition) is 2. The lowest BCUT2D eigenvalue weighted by Crippen LogP contribution is -2.17. The highest BCUT2D eigenvalue weighted by molar-refractivity contribution is 6.00. The predicted octanol–water partition coefficient (Wildman–Crippen LogP) is 4.99. The second-order valence-corrected chi connectivity index (χ2v) is 6.72. The van der Waals surface area contributed by atoms with Crippen LogP contribution in [0.25, 0.3) is 27.5 Å². The molecule has 0 fully saturated rings. The molecule has 4 nitrogen and oxygen atoms in total. The van der Waals surface area contributed by atoms with E-state index in [2.05, 4.69) is 10.1 Å². The Bertz CT molecular complexity index is 1210. The highest BCUT2D eigenvalue weighted by Gasteiger charge is 2.38. The topological polar surface area (TPSA) is 50.2 Å². The van der Waals surface area contributed by atoms with E-state index in [1.54, 1.807) is 24.3 Å². The van der Waals surface area contributed by atoms with E-state index in [9.17, 15) is 18.0 Å². The lowest BCUT2D eigenvalue weighted by atomic mass is 9.98. The number of aromatic nitrogens is 3. The fourth-order valence-corrected chi connectivity index (χ4v) is 3.25. The molecule has 0 saturated carbocycles. The van der Waals surface area contributed by atoms with Gasteiger partial charge in [0.1, 0.15) is 5.69 Å². The van der Waals surface area contributed by atoms with Gasteiger partial charge >= 0.3 is 6.18 Å². The number of H-pyrrole nitrogens is 1. The summed E-state index contributed by atoms with van der Waals surface area (Å²) >= 11 is 0. The third kappa shape index (κ3) is 2.79. The van der Waals surface area contributed by atoms with Crippen LogP contribution in [0.5, 0.6) is 0 Å². The summed E-state index contributed by atoms with van der Waals surface area (Å²) in [4.78, 5) is 16.8. The highest BCUT2D eigenvalue weighted by Crippen LogP contribution is 2.40. The minimum Gasteiger partial charge on any atom is -0.284 e. The molecule has 0 atom stereocenters. The van der Waals surface area contributed by atoms with E-state index in [0.29, 0.717) is 16.6 Å². The van der Waals surface area contributed by atoms with Gasteiger partial charge in [0, 0.05) is 6.07 Å². The zero-order valence-electron chi connectivity index (χ0n) is 14.6. The summed E-state index contributed by atoms with van der Waals surface area (Å²) in [7, 11) is 0. The van der Waals surface area contributed by atoms with E-state index in [0.717, 1.165) is 9.90 Å². The van der Waals surface area contributed by atoms with Crippen molar-refractivity contribution in [1.29, 1.82) is 0 Å². The number of alkyl halides is 3. The molecule has 138 valence electrons. The molecule has 27 heavy (non-hydrogen) atoms. The molecular weight excluding hydrogens is 355 g/mol. The van der Waals surface area contributed by atoms with Gasteiger partial charge in [-0.15, -0.1) is 0 Å². The second-order valence-electron chi connectivity index (χ2n) is 6.72. The molecule has 2 aromatic carbocycles. The Morgan fingerprint density at radius 1 is 1.07 bits per heavy atom. The Hall–Kier alpha value is -3.09. The van der Waals surface area contributed by atoms with Crippen molar-refractivity contribution >= 4 is 16.4 Å². The van der Waals surface area contributed by atoms with Crippen molar-refractivity contribution in [3.8, 4) is 11.1 Å². The molecule has 2 aromatic heterocycles. The summed E-state index contributed by atoms with van der Waals surface area (Å²) in [6.45, 7) is 3.68. The SMILES string of the molecule is CC(C)c1cc(=O)n2[nH]c(C(F)(F)F)c(-c3cccc4ccccc34)c2n1. The van der Waals surface area contributed by atoms with Crippen molar-refractivity contribution in [2.45, 2.75) is 25.9 Å². The standard InChI is InChI=1S/C20H16F3N3O/c1-11(2)15-10-16(27)26-19(24-15)17(18(25-26)20(21,22)23)14-9-5-7-12-6-3-4-8-13(12)14/h3-11,25H,1-2H3. The first-order chi connectivity index (χ1) is 12.8. The van der Waals surface area contributed by atoms with Gasteiger partial charge in [-0.25, -0.2) is 9.50 Å². The van der Waals surface area contributed by atoms with Crippen LogP contribution in [0.3, 0.4) is 0 Å². The summed E-state index contributed by atoms with van der Waals surface area (Å²) in [6, 6.07) is 13.6. The van der Waals surface area contributed by atoms with E-state index < -0.39 is 17.4 Å². The fourth-order valence-electron chi connectivity index (χ4n) is 3.25. The van der Waals surface area contributed by atoms with Crippen molar-refractivity contribution in [1.82, 2.24) is 14.6 Å². The molecule has 7 heteroatoms. The van der Waals surface area contributed by atoms with E-state index >= 15 is 0 Å². The second kappa shape index (κ2) is 5.97. The number of hydrogen-bond donors (Lipinski definition) is 1. The maximum absolute atomic E-state index is 13.8. The third-order valence-electron chi connectivity index (χ3n) is 4.57. The summed E-state index contributed by atoms with van der Waals surface area (Å²) in [6.07, 6.45) is -4.66. The van der Waals surface area contributed by atoms with Crippen LogP contribution in [0.1, 0.15) is 31.2 Å². The monoisotopic (exact) mass is 371 g/mol. The van der Waals surface area contributed by atoms with Gasteiger partial charge in [0.2, 0.25) is 0 Å². The first-order valence-corrected chi connectivity index (χ1v) is 8.48. The van der Waals surface area contributed by atoms with Crippen LogP contribution < -0.4 is 5.56 Å². The molecule has 0 amide bonds.